The van der Waals surface area contributed by atoms with E-state index in [0.29, 0.717) is 17.8 Å². The van der Waals surface area contributed by atoms with E-state index in [9.17, 15) is 13.2 Å². The summed E-state index contributed by atoms with van der Waals surface area (Å²) in [4.78, 5) is 12.4. The van der Waals surface area contributed by atoms with E-state index in [4.69, 9.17) is 0 Å². The van der Waals surface area contributed by atoms with Gasteiger partial charge in [-0.05, 0) is 69.3 Å². The fraction of sp³-hybridized carbons (Fsp3) is 0.316. The maximum Gasteiger partial charge on any atom is 0.261 e. The van der Waals surface area contributed by atoms with Crippen LogP contribution in [-0.4, -0.2) is 34.5 Å². The summed E-state index contributed by atoms with van der Waals surface area (Å²) in [7, 11) is -1.92. The van der Waals surface area contributed by atoms with Gasteiger partial charge in [-0.1, -0.05) is 18.2 Å². The molecule has 0 saturated heterocycles. The molecule has 0 aliphatic heterocycles. The molecule has 0 atom stereocenters. The number of anilines is 1. The van der Waals surface area contributed by atoms with Gasteiger partial charge in [-0.15, -0.1) is 12.4 Å². The Morgan fingerprint density at radius 1 is 1.04 bits per heavy atom. The van der Waals surface area contributed by atoms with Crippen molar-refractivity contribution in [2.45, 2.75) is 25.2 Å². The van der Waals surface area contributed by atoms with Crippen LogP contribution in [0, 0.1) is 13.8 Å². The Hall–Kier alpha value is -2.09. The first-order chi connectivity index (χ1) is 12.3. The van der Waals surface area contributed by atoms with E-state index in [1.807, 2.05) is 20.0 Å². The third-order valence-electron chi connectivity index (χ3n) is 3.92. The topological polar surface area (TPSA) is 87.3 Å². The van der Waals surface area contributed by atoms with E-state index >= 15 is 0 Å². The van der Waals surface area contributed by atoms with Crippen LogP contribution in [0.4, 0.5) is 5.69 Å². The molecule has 0 heterocycles. The molecule has 0 spiro atoms. The lowest BCUT2D eigenvalue weighted by Crippen LogP contribution is -2.27. The van der Waals surface area contributed by atoms with Gasteiger partial charge in [-0.25, -0.2) is 8.42 Å². The lowest BCUT2D eigenvalue weighted by atomic mass is 10.1. The lowest BCUT2D eigenvalue weighted by molar-refractivity contribution is 0.0952. The number of benzene rings is 2. The van der Waals surface area contributed by atoms with Crippen molar-refractivity contribution in [1.82, 2.24) is 10.6 Å². The summed E-state index contributed by atoms with van der Waals surface area (Å²) in [5, 5.41) is 5.83. The molecule has 0 aliphatic carbocycles. The lowest BCUT2D eigenvalue weighted by Gasteiger charge is -2.12. The van der Waals surface area contributed by atoms with Crippen LogP contribution >= 0.6 is 12.4 Å². The van der Waals surface area contributed by atoms with Crippen molar-refractivity contribution in [3.63, 3.8) is 0 Å². The summed E-state index contributed by atoms with van der Waals surface area (Å²) in [5.74, 6) is -0.272. The van der Waals surface area contributed by atoms with E-state index in [-0.39, 0.29) is 23.2 Å². The molecule has 27 heavy (non-hydrogen) atoms. The highest BCUT2D eigenvalue weighted by molar-refractivity contribution is 7.92. The number of rotatable bonds is 8. The number of carbonyl (C=O) groups is 1. The number of nitrogens with one attached hydrogen (secondary N) is 3. The molecule has 0 radical (unpaired) electrons. The van der Waals surface area contributed by atoms with Gasteiger partial charge in [0, 0.05) is 17.8 Å². The standard InChI is InChI=1S/C19H25N3O3S.ClH/c1-14-6-4-7-16(12-14)22-26(24,25)17-9-8-15(2)18(13-17)19(23)21-11-5-10-20-3;/h4,6-9,12-13,20,22H,5,10-11H2,1-3H3,(H,21,23);1H. The zero-order valence-corrected chi connectivity index (χ0v) is 17.3. The summed E-state index contributed by atoms with van der Waals surface area (Å²) in [6.07, 6.45) is 0.800. The summed E-state index contributed by atoms with van der Waals surface area (Å²) in [6, 6.07) is 11.7. The molecular formula is C19H26ClN3O3S. The van der Waals surface area contributed by atoms with Gasteiger partial charge in [0.2, 0.25) is 0 Å². The number of halogens is 1. The van der Waals surface area contributed by atoms with Crippen LogP contribution < -0.4 is 15.4 Å². The van der Waals surface area contributed by atoms with Gasteiger partial charge in [0.05, 0.1) is 4.90 Å². The third-order valence-corrected chi connectivity index (χ3v) is 5.30. The van der Waals surface area contributed by atoms with Gasteiger partial charge in [0.15, 0.2) is 0 Å². The van der Waals surface area contributed by atoms with E-state index in [0.717, 1.165) is 24.1 Å². The second-order valence-electron chi connectivity index (χ2n) is 6.16. The fourth-order valence-corrected chi connectivity index (χ4v) is 3.57. The van der Waals surface area contributed by atoms with E-state index in [1.54, 1.807) is 31.2 Å². The Balaban J connectivity index is 0.00000364. The van der Waals surface area contributed by atoms with Crippen LogP contribution in [0.5, 0.6) is 0 Å². The number of sulfonamides is 1. The van der Waals surface area contributed by atoms with Gasteiger partial charge in [0.25, 0.3) is 15.9 Å². The normalized spacial score (nSPS) is 10.8. The number of hydrogen-bond acceptors (Lipinski definition) is 4. The molecule has 0 aliphatic rings. The molecule has 148 valence electrons. The first kappa shape index (κ1) is 23.0. The molecule has 2 rings (SSSR count). The Morgan fingerprint density at radius 2 is 1.78 bits per heavy atom. The molecule has 0 aromatic heterocycles. The third kappa shape index (κ3) is 6.53. The maximum absolute atomic E-state index is 12.6. The van der Waals surface area contributed by atoms with E-state index in [1.165, 1.54) is 12.1 Å². The largest absolute Gasteiger partial charge is 0.352 e. The zero-order chi connectivity index (χ0) is 19.2. The first-order valence-corrected chi connectivity index (χ1v) is 9.95. The van der Waals surface area contributed by atoms with Crippen molar-refractivity contribution in [3.05, 3.63) is 59.2 Å². The molecule has 1 amide bonds. The molecule has 0 bridgehead atoms. The fourth-order valence-electron chi connectivity index (χ4n) is 2.50. The summed E-state index contributed by atoms with van der Waals surface area (Å²) in [5.41, 5.74) is 2.53. The quantitative estimate of drug-likeness (QED) is 0.583. The van der Waals surface area contributed by atoms with Crippen molar-refractivity contribution < 1.29 is 13.2 Å². The van der Waals surface area contributed by atoms with Gasteiger partial charge in [-0.2, -0.15) is 0 Å². The molecule has 8 heteroatoms. The van der Waals surface area contributed by atoms with Crippen LogP contribution in [-0.2, 0) is 10.0 Å². The number of amides is 1. The van der Waals surface area contributed by atoms with Crippen LogP contribution in [0.15, 0.2) is 47.4 Å². The highest BCUT2D eigenvalue weighted by atomic mass is 35.5. The van der Waals surface area contributed by atoms with E-state index in [2.05, 4.69) is 15.4 Å². The monoisotopic (exact) mass is 411 g/mol. The summed E-state index contributed by atoms with van der Waals surface area (Å²) in [6.45, 7) is 5.00. The highest BCUT2D eigenvalue weighted by Crippen LogP contribution is 2.20. The minimum atomic E-state index is -3.77. The smallest absolute Gasteiger partial charge is 0.261 e. The van der Waals surface area contributed by atoms with E-state index < -0.39 is 10.0 Å². The van der Waals surface area contributed by atoms with Crippen LogP contribution in [0.25, 0.3) is 0 Å². The number of hydrogen-bond donors (Lipinski definition) is 3. The van der Waals surface area contributed by atoms with Crippen LogP contribution in [0.3, 0.4) is 0 Å². The number of carbonyl (C=O) groups excluding carboxylic acids is 1. The minimum Gasteiger partial charge on any atom is -0.352 e. The predicted octanol–water partition coefficient (Wildman–Crippen LogP) is 2.87. The van der Waals surface area contributed by atoms with Gasteiger partial charge in [0.1, 0.15) is 0 Å². The minimum absolute atomic E-state index is 0. The highest BCUT2D eigenvalue weighted by Gasteiger charge is 2.18. The van der Waals surface area contributed by atoms with Crippen molar-refractivity contribution in [1.29, 1.82) is 0 Å². The average molecular weight is 412 g/mol. The summed E-state index contributed by atoms with van der Waals surface area (Å²) >= 11 is 0. The molecule has 2 aromatic carbocycles. The molecule has 2 aromatic rings. The Labute approximate surface area is 167 Å². The Bertz CT molecular complexity index is 886. The van der Waals surface area contributed by atoms with Gasteiger partial charge in [-0.3, -0.25) is 9.52 Å². The molecule has 3 N–H and O–H groups in total. The second kappa shape index (κ2) is 10.3. The van der Waals surface area contributed by atoms with Gasteiger partial charge >= 0.3 is 0 Å². The summed E-state index contributed by atoms with van der Waals surface area (Å²) < 4.78 is 27.8. The number of aryl methyl sites for hydroxylation is 2. The van der Waals surface area contributed by atoms with Crippen molar-refractivity contribution >= 4 is 34.0 Å². The second-order valence-corrected chi connectivity index (χ2v) is 7.85. The molecular weight excluding hydrogens is 386 g/mol. The molecule has 0 saturated carbocycles. The molecule has 0 unspecified atom stereocenters. The molecule has 6 nitrogen and oxygen atoms in total. The van der Waals surface area contributed by atoms with Crippen LogP contribution in [0.2, 0.25) is 0 Å². The van der Waals surface area contributed by atoms with Crippen molar-refractivity contribution in [2.24, 2.45) is 0 Å². The first-order valence-electron chi connectivity index (χ1n) is 8.46. The Morgan fingerprint density at radius 3 is 2.44 bits per heavy atom. The SMILES string of the molecule is CNCCCNC(=O)c1cc(S(=O)(=O)Nc2cccc(C)c2)ccc1C.Cl. The predicted molar refractivity (Wildman–Crippen MR) is 111 cm³/mol. The van der Waals surface area contributed by atoms with Crippen molar-refractivity contribution in [3.8, 4) is 0 Å². The molecule has 0 fully saturated rings. The van der Waals surface area contributed by atoms with Gasteiger partial charge < -0.3 is 10.6 Å². The Kier molecular flexibility index (Phi) is 8.75. The zero-order valence-electron chi connectivity index (χ0n) is 15.7. The average Bonchev–Trinajstić information content (AvgIpc) is 2.58. The van der Waals surface area contributed by atoms with Crippen molar-refractivity contribution in [2.75, 3.05) is 24.9 Å². The maximum atomic E-state index is 12.6. The van der Waals surface area contributed by atoms with Crippen LogP contribution in [0.1, 0.15) is 27.9 Å².